The van der Waals surface area contributed by atoms with Gasteiger partial charge >= 0.3 is 0 Å². The maximum absolute atomic E-state index is 10.5. The molecule has 0 atom stereocenters. The number of benzene rings is 19. The van der Waals surface area contributed by atoms with Crippen LogP contribution in [0.5, 0.6) is 0 Å². The molecule has 0 aliphatic carbocycles. The van der Waals surface area contributed by atoms with Crippen LogP contribution in [0.15, 0.2) is 473 Å². The van der Waals surface area contributed by atoms with Gasteiger partial charge in [0, 0.05) is 121 Å². The van der Waals surface area contributed by atoms with Crippen molar-refractivity contribution in [2.24, 2.45) is 0 Å². The van der Waals surface area contributed by atoms with E-state index in [1.165, 1.54) is 59.5 Å². The molecule has 27 rings (SSSR count). The van der Waals surface area contributed by atoms with Gasteiger partial charge in [-0.1, -0.05) is 334 Å². The van der Waals surface area contributed by atoms with Gasteiger partial charge in [0.05, 0.1) is 94.5 Å². The standard InChI is InChI=1S/C46H30N4.C45H29N5.C31H19N3/c1-4-16-31(17-5-1)37-30-38(48-46(47-37)32-18-6-2-7-19-32)45-43(50-39-25-13-10-22-34(39)35-23-11-14-26-40(35)50)29-28-42-44(45)36-24-12-15-27-41(36)49(42)33-20-8-3-9-21-33;1-4-14-30(15-5-1)43-46-44(31-16-6-2-7-17-31)48-45(47-43)32-24-26-37-35-20-10-12-22-39(35)50(42(37)28-32)34-25-27-41-38(29-34)36-21-11-13-23-40(36)49(41)33-18-8-3-9-19-33;32-20-25-29(34-26-15-7-4-12-22(26)23-13-5-8-16-27(23)34)18-19-30-31(25)24-14-6-9-17-28(24)33(30)21-10-2-1-3-11-21/h1-30H;1-29H;1-19H. The molecule has 0 fully saturated rings. The van der Waals surface area contributed by atoms with Crippen LogP contribution in [0, 0.1) is 11.3 Å². The van der Waals surface area contributed by atoms with Crippen LogP contribution < -0.4 is 0 Å². The van der Waals surface area contributed by atoms with Gasteiger partial charge in [0.1, 0.15) is 6.07 Å². The lowest BCUT2D eigenvalue weighted by Gasteiger charge is -2.17. The van der Waals surface area contributed by atoms with Crippen molar-refractivity contribution in [1.82, 2.24) is 52.3 Å². The van der Waals surface area contributed by atoms with Crippen molar-refractivity contribution in [2.75, 3.05) is 0 Å². The van der Waals surface area contributed by atoms with Gasteiger partial charge in [0.15, 0.2) is 23.3 Å². The minimum atomic E-state index is 0.637. The molecule has 134 heavy (non-hydrogen) atoms. The lowest BCUT2D eigenvalue weighted by Crippen LogP contribution is -2.02. The van der Waals surface area contributed by atoms with Crippen molar-refractivity contribution in [2.45, 2.75) is 0 Å². The lowest BCUT2D eigenvalue weighted by atomic mass is 9.99. The zero-order chi connectivity index (χ0) is 88.7. The summed E-state index contributed by atoms with van der Waals surface area (Å²) in [5, 5.41) is 24.6. The molecular formula is C122H78N12. The van der Waals surface area contributed by atoms with Gasteiger partial charge in [-0.15, -0.1) is 0 Å². The van der Waals surface area contributed by atoms with Crippen molar-refractivity contribution >= 4 is 131 Å². The first-order valence-corrected chi connectivity index (χ1v) is 45.1. The summed E-state index contributed by atoms with van der Waals surface area (Å²) in [4.78, 5) is 25.6. The maximum atomic E-state index is 10.5. The van der Waals surface area contributed by atoms with Crippen molar-refractivity contribution in [1.29, 1.82) is 5.26 Å². The third-order valence-electron chi connectivity index (χ3n) is 26.1. The minimum Gasteiger partial charge on any atom is -0.309 e. The zero-order valence-corrected chi connectivity index (χ0v) is 72.4. The molecule has 12 heteroatoms. The summed E-state index contributed by atoms with van der Waals surface area (Å²) in [6, 6.07) is 168. The Morgan fingerprint density at radius 2 is 0.463 bits per heavy atom. The van der Waals surface area contributed by atoms with E-state index in [-0.39, 0.29) is 0 Å². The first kappa shape index (κ1) is 77.9. The normalized spacial score (nSPS) is 11.6. The second-order valence-electron chi connectivity index (χ2n) is 33.6. The van der Waals surface area contributed by atoms with Gasteiger partial charge in [-0.05, 0) is 140 Å². The highest BCUT2D eigenvalue weighted by Gasteiger charge is 2.28. The van der Waals surface area contributed by atoms with Crippen LogP contribution in [0.25, 0.3) is 233 Å². The Morgan fingerprint density at radius 1 is 0.172 bits per heavy atom. The summed E-state index contributed by atoms with van der Waals surface area (Å²) in [6.07, 6.45) is 0. The van der Waals surface area contributed by atoms with Gasteiger partial charge in [-0.2, -0.15) is 5.26 Å². The number of nitriles is 1. The highest BCUT2D eigenvalue weighted by Crippen LogP contribution is 2.48. The molecule has 0 saturated heterocycles. The molecule has 0 aliphatic rings. The van der Waals surface area contributed by atoms with Gasteiger partial charge in [0.25, 0.3) is 0 Å². The smallest absolute Gasteiger partial charge is 0.164 e. The molecule has 8 heterocycles. The van der Waals surface area contributed by atoms with Crippen LogP contribution in [0.1, 0.15) is 5.56 Å². The van der Waals surface area contributed by atoms with E-state index in [1.54, 1.807) is 0 Å². The quantitative estimate of drug-likeness (QED) is 0.120. The Kier molecular flexibility index (Phi) is 19.0. The molecule has 8 aromatic heterocycles. The third-order valence-corrected chi connectivity index (χ3v) is 26.1. The van der Waals surface area contributed by atoms with E-state index in [4.69, 9.17) is 24.9 Å². The topological polar surface area (TPSA) is 118 Å². The number of nitrogens with zero attached hydrogens (tertiary/aromatic N) is 12. The molecule has 27 aromatic rings. The van der Waals surface area contributed by atoms with Gasteiger partial charge in [-0.3, -0.25) is 0 Å². The monoisotopic (exact) mass is 1710 g/mol. The zero-order valence-electron chi connectivity index (χ0n) is 72.4. The predicted octanol–water partition coefficient (Wildman–Crippen LogP) is 30.5. The number of fused-ring (bicyclic) bond motifs is 18. The molecule has 0 radical (unpaired) electrons. The number of rotatable bonds is 12. The fourth-order valence-corrected chi connectivity index (χ4v) is 20.2. The van der Waals surface area contributed by atoms with Gasteiger partial charge in [-0.25, -0.2) is 24.9 Å². The Balaban J connectivity index is 0.000000110. The summed E-state index contributed by atoms with van der Waals surface area (Å²) in [5.74, 6) is 2.63. The first-order valence-electron chi connectivity index (χ1n) is 45.1. The van der Waals surface area contributed by atoms with E-state index in [1.807, 2.05) is 109 Å². The maximum Gasteiger partial charge on any atom is 0.164 e. The summed E-state index contributed by atoms with van der Waals surface area (Å²) in [6.45, 7) is 0. The van der Waals surface area contributed by atoms with Gasteiger partial charge in [0.2, 0.25) is 0 Å². The molecule has 0 saturated carbocycles. The second-order valence-corrected chi connectivity index (χ2v) is 33.6. The van der Waals surface area contributed by atoms with Crippen molar-refractivity contribution in [3.05, 3.63) is 479 Å². The molecule has 0 unspecified atom stereocenters. The molecular weight excluding hydrogens is 1630 g/mol. The van der Waals surface area contributed by atoms with Gasteiger partial charge < -0.3 is 27.4 Å². The Morgan fingerprint density at radius 3 is 0.896 bits per heavy atom. The fraction of sp³-hybridized carbons (Fsp3) is 0. The van der Waals surface area contributed by atoms with E-state index in [9.17, 15) is 5.26 Å². The third kappa shape index (κ3) is 13.1. The van der Waals surface area contributed by atoms with E-state index in [2.05, 4.69) is 397 Å². The molecule has 12 nitrogen and oxygen atoms in total. The van der Waals surface area contributed by atoms with Crippen molar-refractivity contribution in [3.8, 4) is 108 Å². The van der Waals surface area contributed by atoms with Crippen molar-refractivity contribution in [3.63, 3.8) is 0 Å². The Hall–Kier alpha value is -18.4. The minimum absolute atomic E-state index is 0.637. The molecule has 0 spiro atoms. The molecule has 0 N–H and O–H groups in total. The molecule has 0 amide bonds. The van der Waals surface area contributed by atoms with Crippen LogP contribution in [-0.2, 0) is 0 Å². The Bertz CT molecular complexity index is 9090. The summed E-state index contributed by atoms with van der Waals surface area (Å²) >= 11 is 0. The first-order chi connectivity index (χ1) is 66.5. The van der Waals surface area contributed by atoms with Crippen molar-refractivity contribution < 1.29 is 0 Å². The Labute approximate surface area is 770 Å². The molecule has 19 aromatic carbocycles. The van der Waals surface area contributed by atoms with Crippen LogP contribution in [0.3, 0.4) is 0 Å². The van der Waals surface area contributed by atoms with E-state index < -0.39 is 0 Å². The largest absolute Gasteiger partial charge is 0.309 e. The molecule has 626 valence electrons. The number of hydrogen-bond acceptors (Lipinski definition) is 6. The molecule has 0 bridgehead atoms. The SMILES string of the molecule is N#Cc1c(-n2c3ccccc3c3ccccc32)ccc2c1c1ccccc1n2-c1ccccc1.c1ccc(-c2cc(-c3c(-n4c5ccccc5c5ccccc54)ccc4c3c3ccccc3n4-c3ccccc3)nc(-c3ccccc3)n2)cc1.c1ccc(-c2nc(-c3ccccc3)nc(-c3ccc4c5ccccc5n(-c5ccc6c(c5)c5ccccc5n6-c5ccccc5)c4c3)n2)cc1. The highest BCUT2D eigenvalue weighted by molar-refractivity contribution is 6.20. The lowest BCUT2D eigenvalue weighted by molar-refractivity contribution is 1.07. The summed E-state index contributed by atoms with van der Waals surface area (Å²) in [7, 11) is 0. The average molecular weight is 1710 g/mol. The van der Waals surface area contributed by atoms with Crippen LogP contribution >= 0.6 is 0 Å². The van der Waals surface area contributed by atoms with Crippen LogP contribution in [0.4, 0.5) is 0 Å². The summed E-state index contributed by atoms with van der Waals surface area (Å²) in [5.41, 5.74) is 28.3. The average Bonchev–Trinajstić information content (AvgIpc) is 0.965. The molecule has 0 aliphatic heterocycles. The fourth-order valence-electron chi connectivity index (χ4n) is 20.2. The van der Waals surface area contributed by atoms with E-state index >= 15 is 0 Å². The number of para-hydroxylation sites is 11. The van der Waals surface area contributed by atoms with Crippen LogP contribution in [0.2, 0.25) is 0 Å². The second kappa shape index (κ2) is 32.7. The highest BCUT2D eigenvalue weighted by atomic mass is 15.1. The number of hydrogen-bond donors (Lipinski definition) is 0. The number of aromatic nitrogens is 11. The van der Waals surface area contributed by atoms with E-state index in [0.29, 0.717) is 28.9 Å². The summed E-state index contributed by atoms with van der Waals surface area (Å²) < 4.78 is 14.0. The predicted molar refractivity (Wildman–Crippen MR) is 552 cm³/mol. The van der Waals surface area contributed by atoms with Crippen LogP contribution in [-0.4, -0.2) is 52.3 Å². The van der Waals surface area contributed by atoms with E-state index in [0.717, 1.165) is 150 Å².